The molecule has 0 atom stereocenters. The normalized spacial score (nSPS) is 11.7. The number of hydrogen-bond acceptors (Lipinski definition) is 5. The van der Waals surface area contributed by atoms with Gasteiger partial charge < -0.3 is 4.74 Å². The molecule has 0 bridgehead atoms. The Morgan fingerprint density at radius 1 is 1.47 bits per heavy atom. The minimum absolute atomic E-state index is 0.109. The number of methoxy groups -OCH3 is 1. The van der Waals surface area contributed by atoms with Crippen LogP contribution in [0.15, 0.2) is 16.3 Å². The van der Waals surface area contributed by atoms with E-state index in [1.807, 2.05) is 0 Å². The van der Waals surface area contributed by atoms with Gasteiger partial charge in [0.05, 0.1) is 12.0 Å². The van der Waals surface area contributed by atoms with Gasteiger partial charge in [0.15, 0.2) is 0 Å². The molecule has 0 aliphatic carbocycles. The number of carbonyl (C=O) groups excluding carboxylic acids is 1. The van der Waals surface area contributed by atoms with Crippen LogP contribution in [0.2, 0.25) is 0 Å². The van der Waals surface area contributed by atoms with Crippen molar-refractivity contribution in [1.82, 2.24) is 4.31 Å². The first-order chi connectivity index (χ1) is 6.89. The highest BCUT2D eigenvalue weighted by Gasteiger charge is 2.20. The second-order valence-electron chi connectivity index (χ2n) is 2.93. The van der Waals surface area contributed by atoms with Crippen molar-refractivity contribution in [3.8, 4) is 0 Å². The summed E-state index contributed by atoms with van der Waals surface area (Å²) in [5.74, 6) is -0.528. The van der Waals surface area contributed by atoms with Crippen LogP contribution in [0, 0.1) is 0 Å². The van der Waals surface area contributed by atoms with Crippen LogP contribution < -0.4 is 0 Å². The van der Waals surface area contributed by atoms with E-state index >= 15 is 0 Å². The van der Waals surface area contributed by atoms with Gasteiger partial charge in [-0.05, 0) is 6.07 Å². The third kappa shape index (κ3) is 2.36. The quantitative estimate of drug-likeness (QED) is 0.743. The minimum Gasteiger partial charge on any atom is -0.465 e. The molecule has 0 unspecified atom stereocenters. The molecule has 0 spiro atoms. The van der Waals surface area contributed by atoms with Crippen molar-refractivity contribution in [2.75, 3.05) is 21.2 Å². The lowest BCUT2D eigenvalue weighted by Gasteiger charge is -2.08. The summed E-state index contributed by atoms with van der Waals surface area (Å²) in [5, 5.41) is 1.42. The Hall–Kier alpha value is -0.920. The van der Waals surface area contributed by atoms with Crippen LogP contribution in [0.4, 0.5) is 0 Å². The highest BCUT2D eigenvalue weighted by atomic mass is 32.2. The van der Waals surface area contributed by atoms with Gasteiger partial charge in [-0.2, -0.15) is 0 Å². The molecule has 1 heterocycles. The van der Waals surface area contributed by atoms with Crippen LogP contribution in [0.5, 0.6) is 0 Å². The van der Waals surface area contributed by atoms with Gasteiger partial charge in [0, 0.05) is 19.5 Å². The number of ether oxygens (including phenoxy) is 1. The smallest absolute Gasteiger partial charge is 0.348 e. The maximum atomic E-state index is 11.6. The maximum absolute atomic E-state index is 11.6. The van der Waals surface area contributed by atoms with Crippen molar-refractivity contribution in [3.05, 3.63) is 16.3 Å². The number of esters is 1. The third-order valence-corrected chi connectivity index (χ3v) is 4.59. The Bertz CT molecular complexity index is 461. The minimum atomic E-state index is -3.46. The first-order valence-corrected chi connectivity index (χ1v) is 6.31. The van der Waals surface area contributed by atoms with Gasteiger partial charge in [0.25, 0.3) is 0 Å². The number of rotatable bonds is 3. The molecule has 0 radical (unpaired) electrons. The van der Waals surface area contributed by atoms with Gasteiger partial charge in [-0.3, -0.25) is 0 Å². The van der Waals surface area contributed by atoms with Crippen LogP contribution in [-0.4, -0.2) is 39.9 Å². The highest BCUT2D eigenvalue weighted by Crippen LogP contribution is 2.21. The lowest BCUT2D eigenvalue weighted by atomic mass is 10.5. The van der Waals surface area contributed by atoms with E-state index in [0.29, 0.717) is 0 Å². The molecule has 0 aliphatic heterocycles. The van der Waals surface area contributed by atoms with Crippen molar-refractivity contribution in [1.29, 1.82) is 0 Å². The topological polar surface area (TPSA) is 63.7 Å². The molecule has 0 aromatic carbocycles. The molecular weight excluding hydrogens is 238 g/mol. The Labute approximate surface area is 92.3 Å². The van der Waals surface area contributed by atoms with E-state index in [2.05, 4.69) is 4.74 Å². The van der Waals surface area contributed by atoms with Crippen molar-refractivity contribution in [2.45, 2.75) is 4.90 Å². The maximum Gasteiger partial charge on any atom is 0.348 e. The summed E-state index contributed by atoms with van der Waals surface area (Å²) in [5.41, 5.74) is 0. The van der Waals surface area contributed by atoms with E-state index in [1.165, 1.54) is 32.7 Å². The molecule has 1 rings (SSSR count). The van der Waals surface area contributed by atoms with Crippen LogP contribution in [-0.2, 0) is 14.8 Å². The summed E-state index contributed by atoms with van der Waals surface area (Å²) in [6.45, 7) is 0. The number of sulfonamides is 1. The summed E-state index contributed by atoms with van der Waals surface area (Å²) < 4.78 is 28.9. The molecule has 1 aromatic heterocycles. The summed E-state index contributed by atoms with van der Waals surface area (Å²) in [6, 6.07) is 1.31. The first kappa shape index (κ1) is 12.2. The van der Waals surface area contributed by atoms with E-state index in [-0.39, 0.29) is 9.77 Å². The van der Waals surface area contributed by atoms with Crippen molar-refractivity contribution >= 4 is 27.3 Å². The fourth-order valence-electron chi connectivity index (χ4n) is 0.873. The number of hydrogen-bond donors (Lipinski definition) is 0. The summed E-state index contributed by atoms with van der Waals surface area (Å²) >= 11 is 1.05. The number of nitrogens with zero attached hydrogens (tertiary/aromatic N) is 1. The zero-order valence-corrected chi connectivity index (χ0v) is 10.2. The molecule has 0 aliphatic rings. The van der Waals surface area contributed by atoms with Crippen LogP contribution in [0.3, 0.4) is 0 Å². The van der Waals surface area contributed by atoms with E-state index in [9.17, 15) is 13.2 Å². The summed E-state index contributed by atoms with van der Waals surface area (Å²) in [6.07, 6.45) is 0. The molecular formula is C8H11NO4S2. The molecule has 84 valence electrons. The van der Waals surface area contributed by atoms with Crippen molar-refractivity contribution < 1.29 is 17.9 Å². The molecule has 0 N–H and O–H groups in total. The first-order valence-electron chi connectivity index (χ1n) is 3.99. The SMILES string of the molecule is COC(=O)c1cc(S(=O)(=O)N(C)C)cs1. The average Bonchev–Trinajstić information content (AvgIpc) is 2.65. The largest absolute Gasteiger partial charge is 0.465 e. The van der Waals surface area contributed by atoms with Crippen LogP contribution in [0.1, 0.15) is 9.67 Å². The predicted molar refractivity (Wildman–Crippen MR) is 56.5 cm³/mol. The monoisotopic (exact) mass is 249 g/mol. The van der Waals surface area contributed by atoms with E-state index in [1.54, 1.807) is 0 Å². The molecule has 7 heteroatoms. The zero-order chi connectivity index (χ0) is 11.6. The Kier molecular flexibility index (Phi) is 3.48. The zero-order valence-electron chi connectivity index (χ0n) is 8.55. The van der Waals surface area contributed by atoms with Crippen LogP contribution in [0.25, 0.3) is 0 Å². The Balaban J connectivity index is 3.10. The molecule has 0 saturated carbocycles. The van der Waals surface area contributed by atoms with Gasteiger partial charge >= 0.3 is 5.97 Å². The molecule has 15 heavy (non-hydrogen) atoms. The van der Waals surface area contributed by atoms with Gasteiger partial charge in [-0.1, -0.05) is 0 Å². The van der Waals surface area contributed by atoms with E-state index < -0.39 is 16.0 Å². The average molecular weight is 249 g/mol. The van der Waals surface area contributed by atoms with Gasteiger partial charge in [0.2, 0.25) is 10.0 Å². The molecule has 0 amide bonds. The van der Waals surface area contributed by atoms with E-state index in [4.69, 9.17) is 0 Å². The van der Waals surface area contributed by atoms with Crippen LogP contribution >= 0.6 is 11.3 Å². The second kappa shape index (κ2) is 4.30. The Morgan fingerprint density at radius 2 is 2.07 bits per heavy atom. The summed E-state index contributed by atoms with van der Waals surface area (Å²) in [7, 11) is 0.661. The third-order valence-electron chi connectivity index (χ3n) is 1.74. The molecule has 0 fully saturated rings. The van der Waals surface area contributed by atoms with Gasteiger partial charge in [-0.25, -0.2) is 17.5 Å². The standard InChI is InChI=1S/C8H11NO4S2/c1-9(2)15(11,12)6-4-7(14-5-6)8(10)13-3/h4-5H,1-3H3. The molecule has 1 aromatic rings. The van der Waals surface area contributed by atoms with Crippen molar-refractivity contribution in [3.63, 3.8) is 0 Å². The van der Waals surface area contributed by atoms with Gasteiger partial charge in [0.1, 0.15) is 4.88 Å². The number of carbonyl (C=O) groups is 1. The summed E-state index contributed by atoms with van der Waals surface area (Å²) in [4.78, 5) is 11.5. The predicted octanol–water partition coefficient (Wildman–Crippen LogP) is 0.785. The van der Waals surface area contributed by atoms with Crippen molar-refractivity contribution in [2.24, 2.45) is 0 Å². The van der Waals surface area contributed by atoms with Gasteiger partial charge in [-0.15, -0.1) is 11.3 Å². The molecule has 5 nitrogen and oxygen atoms in total. The lowest BCUT2D eigenvalue weighted by molar-refractivity contribution is 0.0606. The van der Waals surface area contributed by atoms with E-state index in [0.717, 1.165) is 15.6 Å². The lowest BCUT2D eigenvalue weighted by Crippen LogP contribution is -2.21. The highest BCUT2D eigenvalue weighted by molar-refractivity contribution is 7.89. The number of thiophene rings is 1. The molecule has 0 saturated heterocycles. The Morgan fingerprint density at radius 3 is 2.53 bits per heavy atom. The fraction of sp³-hybridized carbons (Fsp3) is 0.375. The second-order valence-corrected chi connectivity index (χ2v) is 5.99. The fourth-order valence-corrected chi connectivity index (χ4v) is 2.95.